The van der Waals surface area contributed by atoms with Gasteiger partial charge in [0.1, 0.15) is 5.82 Å². The highest BCUT2D eigenvalue weighted by Crippen LogP contribution is 1.91. The molecule has 0 aromatic carbocycles. The van der Waals surface area contributed by atoms with Gasteiger partial charge in [-0.1, -0.05) is 6.92 Å². The van der Waals surface area contributed by atoms with E-state index in [1.807, 2.05) is 6.92 Å². The monoisotopic (exact) mass is 140 g/mol. The second-order valence-electron chi connectivity index (χ2n) is 1.92. The predicted octanol–water partition coefficient (Wildman–Crippen LogP) is 1.94. The summed E-state index contributed by atoms with van der Waals surface area (Å²) in [4.78, 5) is 4.13. The lowest BCUT2D eigenvalue weighted by Crippen LogP contribution is -2.10. The number of nitrogens with zero attached hydrogens (tertiary/aromatic N) is 1. The van der Waals surface area contributed by atoms with Crippen molar-refractivity contribution in [1.82, 2.24) is 5.32 Å². The van der Waals surface area contributed by atoms with E-state index in [0.29, 0.717) is 0 Å². The van der Waals surface area contributed by atoms with E-state index in [2.05, 4.69) is 30.2 Å². The third-order valence-electron chi connectivity index (χ3n) is 1.02. The third-order valence-corrected chi connectivity index (χ3v) is 1.02. The smallest absolute Gasteiger partial charge is 0.121 e. The van der Waals surface area contributed by atoms with Gasteiger partial charge in [-0.3, -0.25) is 0 Å². The Labute approximate surface area is 63.0 Å². The predicted molar refractivity (Wildman–Crippen MR) is 46.2 cm³/mol. The van der Waals surface area contributed by atoms with Gasteiger partial charge in [-0.15, -0.1) is 0 Å². The average molecular weight is 140 g/mol. The Morgan fingerprint density at radius 3 is 2.60 bits per heavy atom. The molecule has 0 unspecified atom stereocenters. The molecule has 2 nitrogen and oxygen atoms in total. The zero-order chi connectivity index (χ0) is 7.82. The second kappa shape index (κ2) is 6.33. The lowest BCUT2D eigenvalue weighted by atomic mass is 10.4. The minimum atomic E-state index is 0.934. The number of allylic oxidation sites excluding steroid dienone is 1. The lowest BCUT2D eigenvalue weighted by molar-refractivity contribution is 0.833. The van der Waals surface area contributed by atoms with E-state index in [9.17, 15) is 0 Å². The van der Waals surface area contributed by atoms with Crippen molar-refractivity contribution >= 4 is 6.21 Å². The quantitative estimate of drug-likeness (QED) is 0.593. The van der Waals surface area contributed by atoms with Crippen LogP contribution in [0.15, 0.2) is 16.9 Å². The van der Waals surface area contributed by atoms with Crippen LogP contribution in [-0.2, 0) is 0 Å². The van der Waals surface area contributed by atoms with E-state index >= 15 is 0 Å². The van der Waals surface area contributed by atoms with E-state index in [-0.39, 0.29) is 0 Å². The molecule has 0 heterocycles. The van der Waals surface area contributed by atoms with Crippen molar-refractivity contribution in [2.75, 3.05) is 6.54 Å². The van der Waals surface area contributed by atoms with Gasteiger partial charge in [0.05, 0.1) is 0 Å². The third kappa shape index (κ3) is 4.13. The number of hydrogen-bond acceptors (Lipinski definition) is 2. The van der Waals surface area contributed by atoms with Gasteiger partial charge in [-0.05, 0) is 26.3 Å². The molecule has 0 bridgehead atoms. The maximum Gasteiger partial charge on any atom is 0.121 e. The van der Waals surface area contributed by atoms with Gasteiger partial charge in [-0.2, -0.15) is 0 Å². The molecule has 0 aromatic heterocycles. The summed E-state index contributed by atoms with van der Waals surface area (Å²) in [6, 6.07) is 0. The van der Waals surface area contributed by atoms with Crippen molar-refractivity contribution in [3.8, 4) is 0 Å². The van der Waals surface area contributed by atoms with Crippen LogP contribution in [0.3, 0.4) is 0 Å². The first kappa shape index (κ1) is 9.21. The van der Waals surface area contributed by atoms with Crippen LogP contribution in [0.5, 0.6) is 0 Å². The Morgan fingerprint density at radius 2 is 2.20 bits per heavy atom. The van der Waals surface area contributed by atoms with Gasteiger partial charge in [0, 0.05) is 12.8 Å². The van der Waals surface area contributed by atoms with Crippen molar-refractivity contribution in [3.63, 3.8) is 0 Å². The molecule has 0 amide bonds. The number of aliphatic imine (C=N–C) groups is 1. The van der Waals surface area contributed by atoms with Gasteiger partial charge >= 0.3 is 0 Å². The van der Waals surface area contributed by atoms with Crippen LogP contribution in [0.4, 0.5) is 0 Å². The SMILES string of the molecule is CC=N/C(=C\CC)NCC. The van der Waals surface area contributed by atoms with Crippen molar-refractivity contribution in [3.05, 3.63) is 11.9 Å². The summed E-state index contributed by atoms with van der Waals surface area (Å²) < 4.78 is 0. The van der Waals surface area contributed by atoms with E-state index in [4.69, 9.17) is 0 Å². The molecule has 0 atom stereocenters. The van der Waals surface area contributed by atoms with Crippen molar-refractivity contribution < 1.29 is 0 Å². The first-order valence-corrected chi connectivity index (χ1v) is 3.77. The average Bonchev–Trinajstić information content (AvgIpc) is 1.90. The molecule has 0 aliphatic heterocycles. The maximum absolute atomic E-state index is 4.13. The van der Waals surface area contributed by atoms with Crippen LogP contribution in [0.25, 0.3) is 0 Å². The molecule has 10 heavy (non-hydrogen) atoms. The van der Waals surface area contributed by atoms with Crippen molar-refractivity contribution in [1.29, 1.82) is 0 Å². The molecule has 0 aromatic rings. The van der Waals surface area contributed by atoms with E-state index in [1.165, 1.54) is 0 Å². The molecule has 0 aliphatic carbocycles. The number of rotatable bonds is 4. The highest BCUT2D eigenvalue weighted by molar-refractivity contribution is 5.55. The van der Waals surface area contributed by atoms with Crippen molar-refractivity contribution in [2.24, 2.45) is 4.99 Å². The summed E-state index contributed by atoms with van der Waals surface area (Å²) in [5.41, 5.74) is 0. The molecule has 0 aliphatic rings. The minimum absolute atomic E-state index is 0.934. The molecule has 0 saturated heterocycles. The summed E-state index contributed by atoms with van der Waals surface area (Å²) in [6.45, 7) is 7.02. The second-order valence-corrected chi connectivity index (χ2v) is 1.92. The van der Waals surface area contributed by atoms with Crippen LogP contribution in [0, 0.1) is 0 Å². The molecule has 0 fully saturated rings. The summed E-state index contributed by atoms with van der Waals surface area (Å²) in [7, 11) is 0. The highest BCUT2D eigenvalue weighted by Gasteiger charge is 1.85. The fraction of sp³-hybridized carbons (Fsp3) is 0.625. The van der Waals surface area contributed by atoms with E-state index < -0.39 is 0 Å². The zero-order valence-electron chi connectivity index (χ0n) is 7.02. The molecule has 0 rings (SSSR count). The van der Waals surface area contributed by atoms with Crippen LogP contribution >= 0.6 is 0 Å². The standard InChI is InChI=1S/C8H16N2/c1-4-7-8(9-5-2)10-6-3/h5,7,10H,4,6H2,1-3H3/b8-7+,9-5?. The van der Waals surface area contributed by atoms with E-state index in [0.717, 1.165) is 18.8 Å². The topological polar surface area (TPSA) is 24.4 Å². The molecule has 0 radical (unpaired) electrons. The van der Waals surface area contributed by atoms with Crippen LogP contribution in [-0.4, -0.2) is 12.8 Å². The van der Waals surface area contributed by atoms with Crippen LogP contribution in [0.1, 0.15) is 27.2 Å². The van der Waals surface area contributed by atoms with Gasteiger partial charge in [0.15, 0.2) is 0 Å². The van der Waals surface area contributed by atoms with Gasteiger partial charge < -0.3 is 5.32 Å². The van der Waals surface area contributed by atoms with Gasteiger partial charge in [0.2, 0.25) is 0 Å². The first-order valence-electron chi connectivity index (χ1n) is 3.77. The molecule has 58 valence electrons. The largest absolute Gasteiger partial charge is 0.371 e. The molecular formula is C8H16N2. The van der Waals surface area contributed by atoms with Crippen LogP contribution in [0.2, 0.25) is 0 Å². The Hall–Kier alpha value is -0.790. The van der Waals surface area contributed by atoms with Crippen molar-refractivity contribution in [2.45, 2.75) is 27.2 Å². The molecular weight excluding hydrogens is 124 g/mol. The molecule has 2 heteroatoms. The summed E-state index contributed by atoms with van der Waals surface area (Å²) >= 11 is 0. The molecule has 1 N–H and O–H groups in total. The zero-order valence-corrected chi connectivity index (χ0v) is 7.02. The Bertz CT molecular complexity index is 125. The first-order chi connectivity index (χ1) is 4.85. The number of hydrogen-bond donors (Lipinski definition) is 1. The molecule has 0 saturated carbocycles. The van der Waals surface area contributed by atoms with E-state index in [1.54, 1.807) is 6.21 Å². The Kier molecular flexibility index (Phi) is 5.83. The van der Waals surface area contributed by atoms with Gasteiger partial charge in [-0.25, -0.2) is 4.99 Å². The fourth-order valence-corrected chi connectivity index (χ4v) is 0.684. The number of nitrogens with one attached hydrogen (secondary N) is 1. The summed E-state index contributed by atoms with van der Waals surface area (Å²) in [5, 5.41) is 3.15. The van der Waals surface area contributed by atoms with Crippen LogP contribution < -0.4 is 5.32 Å². The lowest BCUT2D eigenvalue weighted by Gasteiger charge is -2.00. The highest BCUT2D eigenvalue weighted by atomic mass is 15.0. The normalized spacial score (nSPS) is 12.5. The summed E-state index contributed by atoms with van der Waals surface area (Å²) in [6.07, 6.45) is 4.90. The molecule has 0 spiro atoms. The Morgan fingerprint density at radius 1 is 1.50 bits per heavy atom. The minimum Gasteiger partial charge on any atom is -0.371 e. The summed E-state index contributed by atoms with van der Waals surface area (Å²) in [5.74, 6) is 0.979. The fourth-order valence-electron chi connectivity index (χ4n) is 0.684. The Balaban J connectivity index is 3.84. The van der Waals surface area contributed by atoms with Gasteiger partial charge in [0.25, 0.3) is 0 Å². The maximum atomic E-state index is 4.13.